The van der Waals surface area contributed by atoms with Gasteiger partial charge >= 0.3 is 0 Å². The van der Waals surface area contributed by atoms with Crippen molar-refractivity contribution in [2.75, 3.05) is 18.5 Å². The van der Waals surface area contributed by atoms with Crippen LogP contribution in [-0.2, 0) is 12.8 Å². The normalized spacial score (nSPS) is 15.8. The molecule has 0 fully saturated rings. The number of hydrogen-bond acceptors (Lipinski definition) is 7. The number of aromatic nitrogens is 1. The second-order valence-corrected chi connectivity index (χ2v) is 9.40. The van der Waals surface area contributed by atoms with E-state index in [-0.39, 0.29) is 47.7 Å². The molecule has 0 bridgehead atoms. The number of nitrogens with one attached hydrogen (secondary N) is 2. The van der Waals surface area contributed by atoms with Gasteiger partial charge in [0, 0.05) is 18.7 Å². The lowest BCUT2D eigenvalue weighted by Gasteiger charge is -2.18. The standard InChI is InChI=1S/C27H24F2N4O5/c1-13(6-14-7-16(28)2-3-20(14)29)31-21-4-5-30-25(36)24(21)23-9-15-8-18-19(10-22(15)32-23)27(38)33(26(18)37)11-17(35)12-34/h2-5,7-8,10,13,17,34-35H,6,9,11-12H2,1H3,(H2,30,31,36). The molecule has 2 aliphatic rings. The van der Waals surface area contributed by atoms with Gasteiger partial charge in [-0.05, 0) is 60.9 Å². The number of anilines is 1. The maximum atomic E-state index is 14.1. The number of aliphatic hydroxyl groups is 2. The lowest BCUT2D eigenvalue weighted by Crippen LogP contribution is -2.38. The van der Waals surface area contributed by atoms with Crippen LogP contribution < -0.4 is 10.9 Å². The van der Waals surface area contributed by atoms with E-state index < -0.39 is 41.7 Å². The number of β-amino-alcohol motifs (C(OH)–C–C–N with tert-alkyl or cyclic N) is 1. The minimum Gasteiger partial charge on any atom is -0.394 e. The molecule has 1 aromatic heterocycles. The number of nitrogens with zero attached hydrogens (tertiary/aromatic N) is 2. The van der Waals surface area contributed by atoms with Crippen LogP contribution in [0.25, 0.3) is 0 Å². The van der Waals surface area contributed by atoms with Crippen LogP contribution in [0.15, 0.2) is 52.4 Å². The smallest absolute Gasteiger partial charge is 0.261 e. The Bertz CT molecular complexity index is 1550. The van der Waals surface area contributed by atoms with Gasteiger partial charge in [-0.1, -0.05) is 0 Å². The molecule has 5 rings (SSSR count). The number of fused-ring (bicyclic) bond motifs is 2. The van der Waals surface area contributed by atoms with Gasteiger partial charge in [-0.3, -0.25) is 24.3 Å². The van der Waals surface area contributed by atoms with Crippen LogP contribution in [-0.4, -0.2) is 62.9 Å². The van der Waals surface area contributed by atoms with Gasteiger partial charge in [0.15, 0.2) is 0 Å². The number of aliphatic imine (C=N–C) groups is 1. The van der Waals surface area contributed by atoms with Crippen molar-refractivity contribution < 1.29 is 28.6 Å². The average Bonchev–Trinajstić information content (AvgIpc) is 3.38. The molecule has 0 saturated carbocycles. The number of halogens is 2. The van der Waals surface area contributed by atoms with Gasteiger partial charge in [0.05, 0.1) is 53.0 Å². The van der Waals surface area contributed by atoms with Crippen molar-refractivity contribution >= 4 is 28.9 Å². The maximum Gasteiger partial charge on any atom is 0.261 e. The number of pyridine rings is 1. The lowest BCUT2D eigenvalue weighted by atomic mass is 9.99. The van der Waals surface area contributed by atoms with Gasteiger partial charge in [0.2, 0.25) is 0 Å². The zero-order chi connectivity index (χ0) is 27.1. The van der Waals surface area contributed by atoms with Crippen LogP contribution in [0.3, 0.4) is 0 Å². The molecule has 0 aliphatic carbocycles. The number of aromatic amines is 1. The Kier molecular flexibility index (Phi) is 6.64. The van der Waals surface area contributed by atoms with Gasteiger partial charge in [-0.2, -0.15) is 0 Å². The summed E-state index contributed by atoms with van der Waals surface area (Å²) in [6, 6.07) is 7.59. The lowest BCUT2D eigenvalue weighted by molar-refractivity contribution is 0.0426. The van der Waals surface area contributed by atoms with E-state index in [1.165, 1.54) is 12.3 Å². The summed E-state index contributed by atoms with van der Waals surface area (Å²) in [5.74, 6) is -2.24. The molecule has 0 spiro atoms. The molecule has 0 saturated heterocycles. The van der Waals surface area contributed by atoms with Crippen molar-refractivity contribution in [1.82, 2.24) is 9.88 Å². The monoisotopic (exact) mass is 522 g/mol. The Balaban J connectivity index is 1.41. The number of carbonyl (C=O) groups excluding carboxylic acids is 2. The van der Waals surface area contributed by atoms with Crippen LogP contribution >= 0.6 is 0 Å². The first-order chi connectivity index (χ1) is 18.2. The third-order valence-electron chi connectivity index (χ3n) is 6.57. The summed E-state index contributed by atoms with van der Waals surface area (Å²) in [7, 11) is 0. The highest BCUT2D eigenvalue weighted by molar-refractivity contribution is 6.22. The largest absolute Gasteiger partial charge is 0.394 e. The molecule has 2 atom stereocenters. The maximum absolute atomic E-state index is 14.1. The van der Waals surface area contributed by atoms with E-state index in [2.05, 4.69) is 15.3 Å². The fourth-order valence-electron chi connectivity index (χ4n) is 4.79. The van der Waals surface area contributed by atoms with Crippen molar-refractivity contribution in [3.63, 3.8) is 0 Å². The van der Waals surface area contributed by atoms with Gasteiger partial charge in [0.1, 0.15) is 11.6 Å². The average molecular weight is 523 g/mol. The van der Waals surface area contributed by atoms with E-state index in [1.807, 2.05) is 0 Å². The summed E-state index contributed by atoms with van der Waals surface area (Å²) in [6.07, 6.45) is 0.608. The number of benzene rings is 2. The van der Waals surface area contributed by atoms with Crippen molar-refractivity contribution in [1.29, 1.82) is 0 Å². The fraction of sp³-hybridized carbons (Fsp3) is 0.259. The molecule has 2 aliphatic heterocycles. The third kappa shape index (κ3) is 4.61. The SMILES string of the molecule is CC(Cc1cc(F)ccc1F)Nc1cc[nH]c(=O)c1C1=Nc2cc3c(cc2C1)C(=O)N(CC(O)CO)C3=O. The van der Waals surface area contributed by atoms with E-state index in [1.54, 1.807) is 19.1 Å². The Hall–Kier alpha value is -4.22. The molecule has 2 amide bonds. The van der Waals surface area contributed by atoms with Crippen molar-refractivity contribution in [2.45, 2.75) is 31.9 Å². The van der Waals surface area contributed by atoms with Gasteiger partial charge in [-0.25, -0.2) is 8.78 Å². The molecular formula is C27H24F2N4O5. The van der Waals surface area contributed by atoms with Crippen LogP contribution in [0.5, 0.6) is 0 Å². The van der Waals surface area contributed by atoms with Crippen LogP contribution in [0.4, 0.5) is 20.2 Å². The first-order valence-corrected chi connectivity index (χ1v) is 12.0. The van der Waals surface area contributed by atoms with Crippen LogP contribution in [0.2, 0.25) is 0 Å². The number of amides is 2. The van der Waals surface area contributed by atoms with E-state index in [4.69, 9.17) is 5.11 Å². The second kappa shape index (κ2) is 9.92. The number of H-pyrrole nitrogens is 1. The van der Waals surface area contributed by atoms with Crippen LogP contribution in [0, 0.1) is 11.6 Å². The fourth-order valence-corrected chi connectivity index (χ4v) is 4.79. The molecule has 196 valence electrons. The molecule has 11 heteroatoms. The highest BCUT2D eigenvalue weighted by atomic mass is 19.1. The summed E-state index contributed by atoms with van der Waals surface area (Å²) in [4.78, 5) is 46.5. The third-order valence-corrected chi connectivity index (χ3v) is 6.57. The molecule has 9 nitrogen and oxygen atoms in total. The molecule has 0 radical (unpaired) electrons. The Morgan fingerprint density at radius 2 is 1.84 bits per heavy atom. The molecule has 3 aromatic rings. The van der Waals surface area contributed by atoms with Crippen molar-refractivity contribution in [3.05, 3.63) is 92.4 Å². The summed E-state index contributed by atoms with van der Waals surface area (Å²) in [6.45, 7) is 0.866. The Labute approximate surface area is 215 Å². The van der Waals surface area contributed by atoms with Gasteiger partial charge in [-0.15, -0.1) is 0 Å². The molecular weight excluding hydrogens is 498 g/mol. The van der Waals surface area contributed by atoms with E-state index >= 15 is 0 Å². The number of hydrogen-bond donors (Lipinski definition) is 4. The minimum absolute atomic E-state index is 0.134. The highest BCUT2D eigenvalue weighted by Gasteiger charge is 2.38. The first kappa shape index (κ1) is 25.4. The topological polar surface area (TPSA) is 135 Å². The number of aliphatic hydroxyl groups excluding tert-OH is 2. The molecule has 4 N–H and O–H groups in total. The zero-order valence-electron chi connectivity index (χ0n) is 20.3. The summed E-state index contributed by atoms with van der Waals surface area (Å²) in [5.41, 5.74) is 2.32. The summed E-state index contributed by atoms with van der Waals surface area (Å²) in [5, 5.41) is 22.0. The number of carbonyl (C=O) groups is 2. The minimum atomic E-state index is -1.25. The highest BCUT2D eigenvalue weighted by Crippen LogP contribution is 2.36. The predicted molar refractivity (Wildman–Crippen MR) is 135 cm³/mol. The summed E-state index contributed by atoms with van der Waals surface area (Å²) < 4.78 is 27.7. The Morgan fingerprint density at radius 3 is 2.58 bits per heavy atom. The first-order valence-electron chi connectivity index (χ1n) is 12.0. The van der Waals surface area contributed by atoms with Crippen molar-refractivity contribution in [3.8, 4) is 0 Å². The number of imide groups is 1. The summed E-state index contributed by atoms with van der Waals surface area (Å²) >= 11 is 0. The quantitative estimate of drug-likeness (QED) is 0.336. The zero-order valence-corrected chi connectivity index (χ0v) is 20.3. The van der Waals surface area contributed by atoms with Gasteiger partial charge in [0.25, 0.3) is 17.4 Å². The van der Waals surface area contributed by atoms with Gasteiger partial charge < -0.3 is 20.5 Å². The van der Waals surface area contributed by atoms with Crippen molar-refractivity contribution in [2.24, 2.45) is 4.99 Å². The molecule has 3 heterocycles. The molecule has 2 aromatic carbocycles. The Morgan fingerprint density at radius 1 is 1.11 bits per heavy atom. The molecule has 2 unspecified atom stereocenters. The van der Waals surface area contributed by atoms with Crippen LogP contribution in [0.1, 0.15) is 44.3 Å². The molecule has 38 heavy (non-hydrogen) atoms. The second-order valence-electron chi connectivity index (χ2n) is 9.40. The predicted octanol–water partition coefficient (Wildman–Crippen LogP) is 2.32. The van der Waals surface area contributed by atoms with E-state index in [9.17, 15) is 28.3 Å². The number of rotatable bonds is 8. The van der Waals surface area contributed by atoms with E-state index in [0.29, 0.717) is 22.6 Å². The van der Waals surface area contributed by atoms with E-state index in [0.717, 1.165) is 23.1 Å².